The number of alkyl halides is 3. The minimum Gasteiger partial charge on any atom is -0.490 e. The first kappa shape index (κ1) is 25.0. The van der Waals surface area contributed by atoms with Gasteiger partial charge < -0.3 is 23.3 Å². The standard InChI is InChI=1S/C22H22F3NO8S/c1-32-6-3-7-33-18-8-13-11-21(4-2-5-21)26-12-15(20(28)29)17(27)10-16(26)14(13)9-19(18)34-35(30,31)22(23,24)25/h8-10,12H,2-7,11H2,1H3,(H,28,29). The van der Waals surface area contributed by atoms with Crippen LogP contribution in [0.3, 0.4) is 0 Å². The number of benzene rings is 1. The molecule has 1 spiro atoms. The lowest BCUT2D eigenvalue weighted by molar-refractivity contribution is -0.0500. The van der Waals surface area contributed by atoms with E-state index in [9.17, 15) is 36.3 Å². The Balaban J connectivity index is 1.87. The number of hydrogen-bond donors (Lipinski definition) is 1. The number of pyridine rings is 1. The van der Waals surface area contributed by atoms with Crippen LogP contribution in [0.4, 0.5) is 13.2 Å². The van der Waals surface area contributed by atoms with Crippen molar-refractivity contribution in [2.45, 2.75) is 43.2 Å². The third-order valence-electron chi connectivity index (χ3n) is 6.28. The third kappa shape index (κ3) is 4.49. The van der Waals surface area contributed by atoms with Crippen LogP contribution in [-0.2, 0) is 26.8 Å². The van der Waals surface area contributed by atoms with Gasteiger partial charge in [-0.25, -0.2) is 4.79 Å². The smallest absolute Gasteiger partial charge is 0.490 e. The summed E-state index contributed by atoms with van der Waals surface area (Å²) in [6.45, 7) is 0.339. The number of halogens is 3. The number of hydrogen-bond acceptors (Lipinski definition) is 7. The maximum absolute atomic E-state index is 13.0. The van der Waals surface area contributed by atoms with E-state index in [0.29, 0.717) is 37.9 Å². The molecule has 1 aromatic heterocycles. The van der Waals surface area contributed by atoms with Gasteiger partial charge in [0.1, 0.15) is 5.56 Å². The zero-order valence-corrected chi connectivity index (χ0v) is 19.4. The van der Waals surface area contributed by atoms with Gasteiger partial charge in [0.15, 0.2) is 16.9 Å². The van der Waals surface area contributed by atoms with E-state index in [0.717, 1.165) is 18.6 Å². The van der Waals surface area contributed by atoms with Crippen LogP contribution in [0, 0.1) is 0 Å². The average Bonchev–Trinajstić information content (AvgIpc) is 2.73. The highest BCUT2D eigenvalue weighted by Gasteiger charge is 2.49. The molecule has 1 aromatic carbocycles. The Hall–Kier alpha value is -3.06. The predicted molar refractivity (Wildman–Crippen MR) is 116 cm³/mol. The van der Waals surface area contributed by atoms with E-state index in [1.54, 1.807) is 4.57 Å². The number of carboxylic acids is 1. The molecule has 1 fully saturated rings. The van der Waals surface area contributed by atoms with E-state index < -0.39 is 43.9 Å². The van der Waals surface area contributed by atoms with E-state index in [2.05, 4.69) is 4.18 Å². The van der Waals surface area contributed by atoms with Crippen LogP contribution in [0.25, 0.3) is 11.3 Å². The van der Waals surface area contributed by atoms with E-state index in [4.69, 9.17) is 9.47 Å². The maximum Gasteiger partial charge on any atom is 0.534 e. The quantitative estimate of drug-likeness (QED) is 0.322. The first-order valence-corrected chi connectivity index (χ1v) is 12.1. The molecule has 1 aliphatic heterocycles. The van der Waals surface area contributed by atoms with Crippen LogP contribution in [0.5, 0.6) is 11.5 Å². The molecule has 1 N–H and O–H groups in total. The van der Waals surface area contributed by atoms with E-state index in [1.807, 2.05) is 0 Å². The molecule has 4 rings (SSSR count). The van der Waals surface area contributed by atoms with Gasteiger partial charge in [-0.2, -0.15) is 21.6 Å². The Morgan fingerprint density at radius 1 is 1.17 bits per heavy atom. The maximum atomic E-state index is 13.0. The molecule has 2 aliphatic rings. The Labute approximate surface area is 198 Å². The predicted octanol–water partition coefficient (Wildman–Crippen LogP) is 3.29. The van der Waals surface area contributed by atoms with Crippen molar-refractivity contribution >= 4 is 16.1 Å². The van der Waals surface area contributed by atoms with E-state index in [1.165, 1.54) is 19.4 Å². The Morgan fingerprint density at radius 3 is 2.46 bits per heavy atom. The lowest BCUT2D eigenvalue weighted by Gasteiger charge is -2.48. The highest BCUT2D eigenvalue weighted by Crippen LogP contribution is 2.51. The topological polar surface area (TPSA) is 121 Å². The number of fused-ring (bicyclic) bond motifs is 4. The second kappa shape index (κ2) is 8.86. The monoisotopic (exact) mass is 517 g/mol. The first-order chi connectivity index (χ1) is 16.4. The molecule has 2 aromatic rings. The summed E-state index contributed by atoms with van der Waals surface area (Å²) in [5, 5.41) is 9.40. The Morgan fingerprint density at radius 2 is 1.89 bits per heavy atom. The van der Waals surface area contributed by atoms with Crippen molar-refractivity contribution < 1.29 is 45.1 Å². The van der Waals surface area contributed by atoms with Crippen LogP contribution in [0.1, 0.15) is 41.6 Å². The summed E-state index contributed by atoms with van der Waals surface area (Å²) in [5.74, 6) is -2.28. The van der Waals surface area contributed by atoms with Gasteiger partial charge in [-0.15, -0.1) is 0 Å². The Bertz CT molecular complexity index is 1330. The molecule has 0 saturated heterocycles. The van der Waals surface area contributed by atoms with Crippen molar-refractivity contribution in [3.05, 3.63) is 45.7 Å². The van der Waals surface area contributed by atoms with Crippen molar-refractivity contribution in [1.29, 1.82) is 0 Å². The zero-order valence-electron chi connectivity index (χ0n) is 18.6. The highest BCUT2D eigenvalue weighted by molar-refractivity contribution is 7.88. The molecule has 0 unspecified atom stereocenters. The summed E-state index contributed by atoms with van der Waals surface area (Å²) < 4.78 is 79.2. The van der Waals surface area contributed by atoms with Crippen LogP contribution in [0.2, 0.25) is 0 Å². The number of nitrogens with zero attached hydrogens (tertiary/aromatic N) is 1. The highest BCUT2D eigenvalue weighted by atomic mass is 32.2. The number of aromatic nitrogens is 1. The van der Waals surface area contributed by atoms with Crippen LogP contribution < -0.4 is 14.3 Å². The zero-order chi connectivity index (χ0) is 25.6. The lowest BCUT2D eigenvalue weighted by atomic mass is 9.69. The second-order valence-electron chi connectivity index (χ2n) is 8.50. The second-order valence-corrected chi connectivity index (χ2v) is 10.0. The Kier molecular flexibility index (Phi) is 6.34. The summed E-state index contributed by atoms with van der Waals surface area (Å²) >= 11 is 0. The normalized spacial score (nSPS) is 16.2. The number of carboxylic acid groups (broad SMARTS) is 1. The van der Waals surface area contributed by atoms with E-state index in [-0.39, 0.29) is 23.6 Å². The van der Waals surface area contributed by atoms with Gasteiger partial charge in [-0.1, -0.05) is 0 Å². The third-order valence-corrected chi connectivity index (χ3v) is 7.24. The van der Waals surface area contributed by atoms with Gasteiger partial charge in [-0.05, 0) is 43.4 Å². The molecule has 1 saturated carbocycles. The number of aromatic carboxylic acids is 1. The van der Waals surface area contributed by atoms with Crippen LogP contribution in [0.15, 0.2) is 29.2 Å². The minimum absolute atomic E-state index is 0.0260. The molecule has 13 heteroatoms. The molecule has 9 nitrogen and oxygen atoms in total. The average molecular weight is 517 g/mol. The fourth-order valence-corrected chi connectivity index (χ4v) is 4.91. The van der Waals surface area contributed by atoms with Gasteiger partial charge >= 0.3 is 21.6 Å². The summed E-state index contributed by atoms with van der Waals surface area (Å²) in [7, 11) is -4.54. The molecule has 1 aliphatic carbocycles. The number of methoxy groups -OCH3 is 1. The van der Waals surface area contributed by atoms with Gasteiger partial charge in [0, 0.05) is 43.5 Å². The van der Waals surface area contributed by atoms with Gasteiger partial charge in [-0.3, -0.25) is 4.79 Å². The van der Waals surface area contributed by atoms with Crippen molar-refractivity contribution in [3.63, 3.8) is 0 Å². The summed E-state index contributed by atoms with van der Waals surface area (Å²) in [4.78, 5) is 24.0. The summed E-state index contributed by atoms with van der Waals surface area (Å²) in [6, 6.07) is 3.60. The molecule has 0 bridgehead atoms. The van der Waals surface area contributed by atoms with Gasteiger partial charge in [0.2, 0.25) is 0 Å². The van der Waals surface area contributed by atoms with Crippen molar-refractivity contribution in [3.8, 4) is 22.8 Å². The molecule has 0 atom stereocenters. The lowest BCUT2D eigenvalue weighted by Crippen LogP contribution is -2.46. The van der Waals surface area contributed by atoms with Crippen molar-refractivity contribution in [2.24, 2.45) is 0 Å². The minimum atomic E-state index is -6.01. The molecule has 0 amide bonds. The van der Waals surface area contributed by atoms with Gasteiger partial charge in [0.05, 0.1) is 12.3 Å². The van der Waals surface area contributed by atoms with Crippen molar-refractivity contribution in [1.82, 2.24) is 4.57 Å². The molecule has 0 radical (unpaired) electrons. The number of rotatable bonds is 8. The van der Waals surface area contributed by atoms with Crippen LogP contribution >= 0.6 is 0 Å². The van der Waals surface area contributed by atoms with Crippen LogP contribution in [-0.4, -0.2) is 49.9 Å². The molecular weight excluding hydrogens is 495 g/mol. The van der Waals surface area contributed by atoms with E-state index >= 15 is 0 Å². The number of ether oxygens (including phenoxy) is 2. The first-order valence-electron chi connectivity index (χ1n) is 10.7. The summed E-state index contributed by atoms with van der Waals surface area (Å²) in [6.07, 6.45) is 4.29. The van der Waals surface area contributed by atoms with Gasteiger partial charge in [0.25, 0.3) is 0 Å². The molecule has 190 valence electrons. The fourth-order valence-electron chi connectivity index (χ4n) is 4.45. The summed E-state index contributed by atoms with van der Waals surface area (Å²) in [5.41, 5.74) is -6.25. The molecule has 35 heavy (non-hydrogen) atoms. The largest absolute Gasteiger partial charge is 0.534 e. The van der Waals surface area contributed by atoms with Crippen molar-refractivity contribution in [2.75, 3.05) is 20.3 Å². The molecule has 2 heterocycles. The fraction of sp³-hybridized carbons (Fsp3) is 0.455. The number of carbonyl (C=O) groups is 1. The SMILES string of the molecule is COCCCOc1cc2c(cc1OS(=O)(=O)C(F)(F)F)-c1cc(=O)c(C(=O)O)cn1C1(CCC1)C2. The molecular formula is C22H22F3NO8S.